The summed E-state index contributed by atoms with van der Waals surface area (Å²) in [5.74, 6) is 0.980. The molecule has 0 spiro atoms. The minimum absolute atomic E-state index is 0.207. The van der Waals surface area contributed by atoms with Crippen LogP contribution in [0.15, 0.2) is 66.7 Å². The normalized spacial score (nSPS) is 11.0. The van der Waals surface area contributed by atoms with Crippen molar-refractivity contribution in [1.29, 1.82) is 0 Å². The van der Waals surface area contributed by atoms with Gasteiger partial charge in [0.2, 0.25) is 0 Å². The van der Waals surface area contributed by atoms with E-state index < -0.39 is 0 Å². The maximum Gasteiger partial charge on any atom is 0.261 e. The fourth-order valence-electron chi connectivity index (χ4n) is 3.93. The predicted octanol–water partition coefficient (Wildman–Crippen LogP) is 4.73. The number of nitrogens with two attached hydrogens (primary N) is 1. The third-order valence-electron chi connectivity index (χ3n) is 5.66. The Morgan fingerprint density at radius 3 is 2.32 bits per heavy atom. The van der Waals surface area contributed by atoms with Gasteiger partial charge in [0.25, 0.3) is 5.91 Å². The summed E-state index contributed by atoms with van der Waals surface area (Å²) in [6.45, 7) is 1.99. The van der Waals surface area contributed by atoms with E-state index in [1.54, 1.807) is 30.9 Å². The van der Waals surface area contributed by atoms with Gasteiger partial charge in [-0.15, -0.1) is 0 Å². The number of amides is 1. The monoisotopic (exact) mass is 453 g/mol. The second-order valence-electron chi connectivity index (χ2n) is 7.84. The zero-order valence-corrected chi connectivity index (χ0v) is 19.0. The first kappa shape index (κ1) is 21.3. The Balaban J connectivity index is 1.76. The number of carbonyl (C=O) groups excluding carboxylic acids is 1. The zero-order chi connectivity index (χ0) is 23.8. The van der Waals surface area contributed by atoms with E-state index in [2.05, 4.69) is 5.32 Å². The van der Waals surface area contributed by atoms with Crippen LogP contribution >= 0.6 is 0 Å². The lowest BCUT2D eigenvalue weighted by atomic mass is 10.2. The van der Waals surface area contributed by atoms with Crippen molar-refractivity contribution in [2.75, 3.05) is 25.3 Å². The van der Waals surface area contributed by atoms with E-state index in [9.17, 15) is 4.79 Å². The van der Waals surface area contributed by atoms with Crippen molar-refractivity contribution >= 4 is 39.6 Å². The molecule has 8 heteroatoms. The smallest absolute Gasteiger partial charge is 0.261 e. The molecule has 5 aromatic rings. The van der Waals surface area contributed by atoms with Gasteiger partial charge in [0.1, 0.15) is 28.4 Å². The van der Waals surface area contributed by atoms with Gasteiger partial charge in [0, 0.05) is 11.8 Å². The Morgan fingerprint density at radius 2 is 1.65 bits per heavy atom. The summed E-state index contributed by atoms with van der Waals surface area (Å²) in [6.07, 6.45) is 0. The van der Waals surface area contributed by atoms with Crippen LogP contribution in [0.5, 0.6) is 11.5 Å². The van der Waals surface area contributed by atoms with Crippen LogP contribution in [-0.4, -0.2) is 34.7 Å². The second-order valence-corrected chi connectivity index (χ2v) is 7.84. The van der Waals surface area contributed by atoms with Gasteiger partial charge >= 0.3 is 0 Å². The van der Waals surface area contributed by atoms with Crippen molar-refractivity contribution < 1.29 is 14.3 Å². The van der Waals surface area contributed by atoms with E-state index in [-0.39, 0.29) is 17.3 Å². The largest absolute Gasteiger partial charge is 0.497 e. The Morgan fingerprint density at radius 1 is 0.941 bits per heavy atom. The number of aromatic nitrogens is 3. The summed E-state index contributed by atoms with van der Waals surface area (Å²) in [4.78, 5) is 23.0. The van der Waals surface area contributed by atoms with Crippen molar-refractivity contribution in [3.05, 3.63) is 77.9 Å². The molecule has 0 fully saturated rings. The molecule has 34 heavy (non-hydrogen) atoms. The highest BCUT2D eigenvalue weighted by molar-refractivity contribution is 6.16. The number of nitrogens with one attached hydrogen (secondary N) is 1. The zero-order valence-electron chi connectivity index (χ0n) is 19.0. The number of anilines is 2. The van der Waals surface area contributed by atoms with Gasteiger partial charge in [-0.25, -0.2) is 9.97 Å². The minimum Gasteiger partial charge on any atom is -0.497 e. The second kappa shape index (κ2) is 8.40. The van der Waals surface area contributed by atoms with Crippen molar-refractivity contribution in [3.63, 3.8) is 0 Å². The van der Waals surface area contributed by atoms with Crippen LogP contribution in [0.25, 0.3) is 27.9 Å². The Labute approximate surface area is 196 Å². The maximum atomic E-state index is 13.4. The van der Waals surface area contributed by atoms with Gasteiger partial charge in [-0.2, -0.15) is 0 Å². The van der Waals surface area contributed by atoms with Crippen molar-refractivity contribution in [2.24, 2.45) is 0 Å². The lowest BCUT2D eigenvalue weighted by Gasteiger charge is -2.13. The molecule has 0 aliphatic carbocycles. The average molecular weight is 454 g/mol. The number of nitrogen functional groups attached to an aromatic ring is 1. The standard InChI is InChI=1S/C26H23N5O3/c1-15-8-10-16(11-9-15)28-26(32)22-23-25(30-19-7-5-4-6-18(19)29-23)31(24(22)27)20-13-12-17(33-2)14-21(20)34-3/h4-14H,27H2,1-3H3,(H,28,32). The van der Waals surface area contributed by atoms with Crippen LogP contribution in [-0.2, 0) is 0 Å². The van der Waals surface area contributed by atoms with Crippen LogP contribution in [0.3, 0.4) is 0 Å². The highest BCUT2D eigenvalue weighted by Gasteiger charge is 2.26. The number of fused-ring (bicyclic) bond motifs is 2. The average Bonchev–Trinajstić information content (AvgIpc) is 3.14. The summed E-state index contributed by atoms with van der Waals surface area (Å²) in [7, 11) is 3.14. The number of para-hydroxylation sites is 2. The third kappa shape index (κ3) is 3.55. The third-order valence-corrected chi connectivity index (χ3v) is 5.66. The maximum absolute atomic E-state index is 13.4. The van der Waals surface area contributed by atoms with Crippen LogP contribution in [0.2, 0.25) is 0 Å². The van der Waals surface area contributed by atoms with Gasteiger partial charge in [-0.3, -0.25) is 9.36 Å². The van der Waals surface area contributed by atoms with Crippen molar-refractivity contribution in [2.45, 2.75) is 6.92 Å². The molecule has 2 aromatic heterocycles. The number of aryl methyl sites for hydroxylation is 1. The van der Waals surface area contributed by atoms with E-state index in [1.807, 2.05) is 61.5 Å². The van der Waals surface area contributed by atoms with Crippen LogP contribution < -0.4 is 20.5 Å². The number of rotatable bonds is 5. The highest BCUT2D eigenvalue weighted by atomic mass is 16.5. The number of ether oxygens (including phenoxy) is 2. The molecule has 0 saturated heterocycles. The fraction of sp³-hybridized carbons (Fsp3) is 0.115. The van der Waals surface area contributed by atoms with E-state index >= 15 is 0 Å². The number of hydrogen-bond donors (Lipinski definition) is 2. The summed E-state index contributed by atoms with van der Waals surface area (Å²) in [5.41, 5.74) is 11.4. The Kier molecular flexibility index (Phi) is 5.25. The van der Waals surface area contributed by atoms with E-state index in [4.69, 9.17) is 25.2 Å². The molecule has 170 valence electrons. The first-order valence-electron chi connectivity index (χ1n) is 10.7. The van der Waals surface area contributed by atoms with E-state index in [0.717, 1.165) is 5.56 Å². The SMILES string of the molecule is COc1ccc(-n2c(N)c(C(=O)Nc3ccc(C)cc3)c3nc4ccccc4nc32)c(OC)c1. The first-order valence-corrected chi connectivity index (χ1v) is 10.7. The summed E-state index contributed by atoms with van der Waals surface area (Å²) < 4.78 is 12.6. The first-order chi connectivity index (χ1) is 16.5. The van der Waals surface area contributed by atoms with Crippen LogP contribution in [0.1, 0.15) is 15.9 Å². The lowest BCUT2D eigenvalue weighted by Crippen LogP contribution is -2.14. The quantitative estimate of drug-likeness (QED) is 0.399. The molecule has 0 aliphatic heterocycles. The molecular formula is C26H23N5O3. The number of nitrogens with zero attached hydrogens (tertiary/aromatic N) is 3. The van der Waals surface area contributed by atoms with Gasteiger partial charge in [0.15, 0.2) is 5.65 Å². The van der Waals surface area contributed by atoms with Crippen LogP contribution in [0, 0.1) is 6.92 Å². The van der Waals surface area contributed by atoms with E-state index in [1.165, 1.54) is 0 Å². The molecule has 0 atom stereocenters. The van der Waals surface area contributed by atoms with Gasteiger partial charge < -0.3 is 20.5 Å². The molecule has 0 saturated carbocycles. The highest BCUT2D eigenvalue weighted by Crippen LogP contribution is 2.36. The molecule has 3 N–H and O–H groups in total. The summed E-state index contributed by atoms with van der Waals surface area (Å²) in [5, 5.41) is 2.93. The van der Waals surface area contributed by atoms with Crippen LogP contribution in [0.4, 0.5) is 11.5 Å². The van der Waals surface area contributed by atoms with Gasteiger partial charge in [-0.1, -0.05) is 29.8 Å². The number of hydrogen-bond acceptors (Lipinski definition) is 6. The molecule has 2 heterocycles. The van der Waals surface area contributed by atoms with Crippen molar-refractivity contribution in [3.8, 4) is 17.2 Å². The lowest BCUT2D eigenvalue weighted by molar-refractivity contribution is 0.102. The molecule has 0 bridgehead atoms. The van der Waals surface area contributed by atoms with E-state index in [0.29, 0.717) is 45.1 Å². The molecule has 1 amide bonds. The summed E-state index contributed by atoms with van der Waals surface area (Å²) in [6, 6.07) is 20.4. The molecule has 3 aromatic carbocycles. The Bertz CT molecular complexity index is 1540. The molecule has 8 nitrogen and oxygen atoms in total. The molecular weight excluding hydrogens is 430 g/mol. The molecule has 0 radical (unpaired) electrons. The predicted molar refractivity (Wildman–Crippen MR) is 133 cm³/mol. The Hall–Kier alpha value is -4.59. The minimum atomic E-state index is -0.373. The van der Waals surface area contributed by atoms with Gasteiger partial charge in [0.05, 0.1) is 30.9 Å². The fourth-order valence-corrected chi connectivity index (χ4v) is 3.93. The summed E-state index contributed by atoms with van der Waals surface area (Å²) >= 11 is 0. The van der Waals surface area contributed by atoms with Crippen molar-refractivity contribution in [1.82, 2.24) is 14.5 Å². The number of carbonyl (C=O) groups is 1. The van der Waals surface area contributed by atoms with Gasteiger partial charge in [-0.05, 0) is 43.3 Å². The molecule has 0 aliphatic rings. The molecule has 0 unspecified atom stereocenters. The number of methoxy groups -OCH3 is 2. The number of benzene rings is 3. The molecule has 5 rings (SSSR count). The topological polar surface area (TPSA) is 104 Å².